The summed E-state index contributed by atoms with van der Waals surface area (Å²) in [5.41, 5.74) is -0.145. The maximum absolute atomic E-state index is 10.7. The standard InChI is InChI=1S/C13H14ClN3O4/c1-20-6-4-16(9-11-3-2-5-21-11)13-12(14)7-10(8-15-13)17(18)19/h2-3,5,7-8H,4,6,9H2,1H3. The van der Waals surface area contributed by atoms with Gasteiger partial charge in [0, 0.05) is 19.7 Å². The van der Waals surface area contributed by atoms with Crippen LogP contribution in [0.4, 0.5) is 11.5 Å². The largest absolute Gasteiger partial charge is 0.467 e. The normalized spacial score (nSPS) is 10.6. The van der Waals surface area contributed by atoms with Gasteiger partial charge in [0.2, 0.25) is 0 Å². The molecule has 0 spiro atoms. The van der Waals surface area contributed by atoms with Gasteiger partial charge in [-0.3, -0.25) is 10.1 Å². The van der Waals surface area contributed by atoms with Gasteiger partial charge in [0.05, 0.1) is 29.4 Å². The lowest BCUT2D eigenvalue weighted by Gasteiger charge is -2.23. The lowest BCUT2D eigenvalue weighted by Crippen LogP contribution is -2.27. The van der Waals surface area contributed by atoms with Crippen molar-refractivity contribution < 1.29 is 14.1 Å². The van der Waals surface area contributed by atoms with E-state index in [1.807, 2.05) is 11.0 Å². The molecule has 0 aliphatic rings. The number of nitrogens with zero attached hydrogens (tertiary/aromatic N) is 3. The quantitative estimate of drug-likeness (QED) is 0.577. The molecule has 21 heavy (non-hydrogen) atoms. The molecule has 112 valence electrons. The molecule has 0 aromatic carbocycles. The van der Waals surface area contributed by atoms with Gasteiger partial charge < -0.3 is 14.1 Å². The first-order valence-electron chi connectivity index (χ1n) is 6.18. The zero-order valence-corrected chi connectivity index (χ0v) is 12.1. The number of ether oxygens (including phenoxy) is 1. The molecule has 2 heterocycles. The molecule has 2 aromatic heterocycles. The number of hydrogen-bond acceptors (Lipinski definition) is 6. The molecule has 8 heteroatoms. The molecule has 0 N–H and O–H groups in total. The number of anilines is 1. The molecule has 0 atom stereocenters. The van der Waals surface area contributed by atoms with E-state index in [0.717, 1.165) is 5.76 Å². The first-order chi connectivity index (χ1) is 10.1. The fraction of sp³-hybridized carbons (Fsp3) is 0.308. The van der Waals surface area contributed by atoms with Crippen LogP contribution in [0.25, 0.3) is 0 Å². The molecule has 7 nitrogen and oxygen atoms in total. The molecule has 0 saturated carbocycles. The number of aromatic nitrogens is 1. The van der Waals surface area contributed by atoms with E-state index in [-0.39, 0.29) is 10.7 Å². The maximum Gasteiger partial charge on any atom is 0.289 e. The van der Waals surface area contributed by atoms with Crippen molar-refractivity contribution in [1.82, 2.24) is 4.98 Å². The van der Waals surface area contributed by atoms with Gasteiger partial charge in [0.1, 0.15) is 17.8 Å². The average molecular weight is 312 g/mol. The minimum atomic E-state index is -0.533. The van der Waals surface area contributed by atoms with E-state index in [9.17, 15) is 10.1 Å². The van der Waals surface area contributed by atoms with Gasteiger partial charge in [0.25, 0.3) is 5.69 Å². The summed E-state index contributed by atoms with van der Waals surface area (Å²) in [6.45, 7) is 1.44. The second-order valence-electron chi connectivity index (χ2n) is 4.25. The van der Waals surface area contributed by atoms with Crippen LogP contribution in [-0.4, -0.2) is 30.2 Å². The van der Waals surface area contributed by atoms with Gasteiger partial charge in [-0.15, -0.1) is 0 Å². The number of rotatable bonds is 7. The molecular formula is C13H14ClN3O4. The molecular weight excluding hydrogens is 298 g/mol. The fourth-order valence-electron chi connectivity index (χ4n) is 1.81. The average Bonchev–Trinajstić information content (AvgIpc) is 2.96. The van der Waals surface area contributed by atoms with E-state index in [2.05, 4.69) is 4.98 Å². The SMILES string of the molecule is COCCN(Cc1ccco1)c1ncc([N+](=O)[O-])cc1Cl. The van der Waals surface area contributed by atoms with Crippen molar-refractivity contribution in [2.24, 2.45) is 0 Å². The van der Waals surface area contributed by atoms with Gasteiger partial charge in [-0.1, -0.05) is 11.6 Å². The molecule has 0 saturated heterocycles. The molecule has 0 bridgehead atoms. The molecule has 0 aliphatic heterocycles. The van der Waals surface area contributed by atoms with Crippen LogP contribution in [0.1, 0.15) is 5.76 Å². The zero-order valence-electron chi connectivity index (χ0n) is 11.4. The van der Waals surface area contributed by atoms with E-state index < -0.39 is 4.92 Å². The Morgan fingerprint density at radius 1 is 1.57 bits per heavy atom. The molecule has 0 fully saturated rings. The van der Waals surface area contributed by atoms with Crippen LogP contribution >= 0.6 is 11.6 Å². The highest BCUT2D eigenvalue weighted by atomic mass is 35.5. The highest BCUT2D eigenvalue weighted by molar-refractivity contribution is 6.33. The molecule has 0 aliphatic carbocycles. The summed E-state index contributed by atoms with van der Waals surface area (Å²) in [6.07, 6.45) is 2.76. The first-order valence-corrected chi connectivity index (χ1v) is 6.56. The summed E-state index contributed by atoms with van der Waals surface area (Å²) in [5.74, 6) is 1.19. The third kappa shape index (κ3) is 3.93. The van der Waals surface area contributed by atoms with Gasteiger partial charge in [-0.05, 0) is 12.1 Å². The van der Waals surface area contributed by atoms with Crippen LogP contribution in [0, 0.1) is 10.1 Å². The van der Waals surface area contributed by atoms with E-state index in [4.69, 9.17) is 20.8 Å². The summed E-state index contributed by atoms with van der Waals surface area (Å²) in [7, 11) is 1.59. The minimum Gasteiger partial charge on any atom is -0.467 e. The number of furan rings is 1. The Hall–Kier alpha value is -2.12. The molecule has 0 amide bonds. The Bertz CT molecular complexity index is 603. The molecule has 2 rings (SSSR count). The Balaban J connectivity index is 2.25. The zero-order chi connectivity index (χ0) is 15.2. The molecule has 0 radical (unpaired) electrons. The third-order valence-electron chi connectivity index (χ3n) is 2.81. The third-order valence-corrected chi connectivity index (χ3v) is 3.09. The van der Waals surface area contributed by atoms with Crippen molar-refractivity contribution in [3.05, 3.63) is 51.6 Å². The Labute approximate surface area is 126 Å². The number of halogens is 1. The van der Waals surface area contributed by atoms with E-state index in [0.29, 0.717) is 25.5 Å². The summed E-state index contributed by atoms with van der Waals surface area (Å²) in [4.78, 5) is 16.1. The van der Waals surface area contributed by atoms with Gasteiger partial charge in [-0.2, -0.15) is 0 Å². The van der Waals surface area contributed by atoms with Crippen molar-refractivity contribution in [2.75, 3.05) is 25.2 Å². The number of hydrogen-bond donors (Lipinski definition) is 0. The number of nitro groups is 1. The second-order valence-corrected chi connectivity index (χ2v) is 4.66. The van der Waals surface area contributed by atoms with Gasteiger partial charge in [0.15, 0.2) is 0 Å². The number of pyridine rings is 1. The first kappa shape index (κ1) is 15.3. The van der Waals surface area contributed by atoms with Crippen molar-refractivity contribution >= 4 is 23.1 Å². The Morgan fingerprint density at radius 2 is 2.38 bits per heavy atom. The van der Waals surface area contributed by atoms with Crippen molar-refractivity contribution in [2.45, 2.75) is 6.54 Å². The minimum absolute atomic E-state index is 0.145. The van der Waals surface area contributed by atoms with Crippen LogP contribution in [0.5, 0.6) is 0 Å². The smallest absolute Gasteiger partial charge is 0.289 e. The van der Waals surface area contributed by atoms with Gasteiger partial charge in [-0.25, -0.2) is 4.98 Å². The van der Waals surface area contributed by atoms with E-state index in [1.54, 1.807) is 19.4 Å². The van der Waals surface area contributed by atoms with Crippen LogP contribution in [0.2, 0.25) is 5.02 Å². The van der Waals surface area contributed by atoms with Crippen molar-refractivity contribution in [3.63, 3.8) is 0 Å². The van der Waals surface area contributed by atoms with Gasteiger partial charge >= 0.3 is 0 Å². The Kier molecular flexibility index (Phi) is 5.13. The van der Waals surface area contributed by atoms with Crippen LogP contribution in [0.15, 0.2) is 35.1 Å². The second kappa shape index (κ2) is 7.05. The molecule has 2 aromatic rings. The summed E-state index contributed by atoms with van der Waals surface area (Å²) in [6, 6.07) is 4.90. The van der Waals surface area contributed by atoms with Crippen LogP contribution < -0.4 is 4.90 Å². The topological polar surface area (TPSA) is 81.6 Å². The monoisotopic (exact) mass is 311 g/mol. The number of methoxy groups -OCH3 is 1. The van der Waals surface area contributed by atoms with Crippen LogP contribution in [0.3, 0.4) is 0 Å². The summed E-state index contributed by atoms with van der Waals surface area (Å²) < 4.78 is 10.4. The van der Waals surface area contributed by atoms with E-state index >= 15 is 0 Å². The lowest BCUT2D eigenvalue weighted by atomic mass is 10.3. The molecule has 0 unspecified atom stereocenters. The van der Waals surface area contributed by atoms with Crippen molar-refractivity contribution in [3.8, 4) is 0 Å². The highest BCUT2D eigenvalue weighted by Crippen LogP contribution is 2.28. The predicted molar refractivity (Wildman–Crippen MR) is 77.5 cm³/mol. The summed E-state index contributed by atoms with van der Waals surface area (Å²) in [5, 5.41) is 10.9. The fourth-order valence-corrected chi connectivity index (χ4v) is 2.09. The summed E-state index contributed by atoms with van der Waals surface area (Å²) >= 11 is 6.11. The predicted octanol–water partition coefficient (Wildman–Crippen LogP) is 2.89. The highest BCUT2D eigenvalue weighted by Gasteiger charge is 2.17. The van der Waals surface area contributed by atoms with Crippen molar-refractivity contribution in [1.29, 1.82) is 0 Å². The van der Waals surface area contributed by atoms with E-state index in [1.165, 1.54) is 12.3 Å². The lowest BCUT2D eigenvalue weighted by molar-refractivity contribution is -0.385. The Morgan fingerprint density at radius 3 is 2.95 bits per heavy atom. The maximum atomic E-state index is 10.7. The van der Waals surface area contributed by atoms with Crippen LogP contribution in [-0.2, 0) is 11.3 Å².